The summed E-state index contributed by atoms with van der Waals surface area (Å²) in [5.41, 5.74) is 5.75. The van der Waals surface area contributed by atoms with Crippen molar-refractivity contribution >= 4 is 0 Å². The summed E-state index contributed by atoms with van der Waals surface area (Å²) in [7, 11) is 0. The highest BCUT2D eigenvalue weighted by Crippen LogP contribution is 2.29. The van der Waals surface area contributed by atoms with E-state index in [-0.39, 0.29) is 0 Å². The molecular weight excluding hydrogens is 224 g/mol. The second-order valence-corrected chi connectivity index (χ2v) is 5.89. The molecule has 1 aromatic heterocycles. The van der Waals surface area contributed by atoms with Crippen molar-refractivity contribution in [2.24, 2.45) is 17.6 Å². The van der Waals surface area contributed by atoms with Crippen molar-refractivity contribution in [2.75, 3.05) is 19.6 Å². The molecule has 0 radical (unpaired) electrons. The summed E-state index contributed by atoms with van der Waals surface area (Å²) in [5, 5.41) is 0. The van der Waals surface area contributed by atoms with Gasteiger partial charge in [-0.2, -0.15) is 0 Å². The van der Waals surface area contributed by atoms with E-state index in [4.69, 9.17) is 5.73 Å². The van der Waals surface area contributed by atoms with E-state index in [1.165, 1.54) is 44.6 Å². The largest absolute Gasteiger partial charge is 0.333 e. The molecule has 2 heterocycles. The van der Waals surface area contributed by atoms with Gasteiger partial charge in [0.15, 0.2) is 0 Å². The van der Waals surface area contributed by atoms with Gasteiger partial charge in [-0.05, 0) is 44.1 Å². The summed E-state index contributed by atoms with van der Waals surface area (Å²) >= 11 is 0. The number of imidazole rings is 1. The van der Waals surface area contributed by atoms with Gasteiger partial charge in [-0.1, -0.05) is 0 Å². The van der Waals surface area contributed by atoms with Gasteiger partial charge in [-0.25, -0.2) is 4.98 Å². The molecule has 0 aromatic carbocycles. The lowest BCUT2D eigenvalue weighted by Gasteiger charge is -2.34. The molecule has 1 aliphatic carbocycles. The lowest BCUT2D eigenvalue weighted by Crippen LogP contribution is -2.38. The molecule has 0 bridgehead atoms. The number of nitrogens with two attached hydrogens (primary N) is 1. The van der Waals surface area contributed by atoms with Crippen molar-refractivity contribution in [3.63, 3.8) is 0 Å². The molecule has 4 nitrogen and oxygen atoms in total. The number of hydrogen-bond donors (Lipinski definition) is 1. The third-order valence-electron chi connectivity index (χ3n) is 4.64. The van der Waals surface area contributed by atoms with Crippen LogP contribution in [0.15, 0.2) is 12.4 Å². The average Bonchev–Trinajstić information content (AvgIpc) is 2.87. The van der Waals surface area contributed by atoms with Crippen molar-refractivity contribution in [3.8, 4) is 0 Å². The molecule has 100 valence electrons. The predicted molar refractivity (Wildman–Crippen MR) is 72.0 cm³/mol. The molecule has 1 fully saturated rings. The first kappa shape index (κ1) is 12.2. The fourth-order valence-corrected chi connectivity index (χ4v) is 3.39. The molecule has 3 rings (SSSR count). The Labute approximate surface area is 109 Å². The Kier molecular flexibility index (Phi) is 3.66. The Bertz CT molecular complexity index is 379. The van der Waals surface area contributed by atoms with E-state index in [9.17, 15) is 0 Å². The van der Waals surface area contributed by atoms with E-state index in [1.54, 1.807) is 0 Å². The maximum atomic E-state index is 5.75. The van der Waals surface area contributed by atoms with Gasteiger partial charge in [0.25, 0.3) is 0 Å². The van der Waals surface area contributed by atoms with Crippen LogP contribution in [0.3, 0.4) is 0 Å². The van der Waals surface area contributed by atoms with Gasteiger partial charge in [-0.15, -0.1) is 0 Å². The molecule has 1 saturated carbocycles. The smallest absolute Gasteiger partial charge is 0.122 e. The minimum atomic E-state index is 0.793. The molecule has 18 heavy (non-hydrogen) atoms. The zero-order chi connectivity index (χ0) is 12.4. The highest BCUT2D eigenvalue weighted by Gasteiger charge is 2.24. The van der Waals surface area contributed by atoms with Crippen molar-refractivity contribution in [1.82, 2.24) is 14.5 Å². The molecule has 1 aliphatic heterocycles. The summed E-state index contributed by atoms with van der Waals surface area (Å²) in [5.74, 6) is 2.91. The molecule has 0 amide bonds. The van der Waals surface area contributed by atoms with Crippen LogP contribution in [0.4, 0.5) is 0 Å². The number of nitrogens with zero attached hydrogens (tertiary/aromatic N) is 3. The predicted octanol–water partition coefficient (Wildman–Crippen LogP) is 1.46. The normalized spacial score (nSPS) is 29.2. The zero-order valence-electron chi connectivity index (χ0n) is 11.1. The maximum Gasteiger partial charge on any atom is 0.122 e. The SMILES string of the molecule is NCC1CCC(CN2CCn3ccnc3C2)CC1. The quantitative estimate of drug-likeness (QED) is 0.881. The molecule has 4 heteroatoms. The maximum absolute atomic E-state index is 5.75. The first-order valence-electron chi connectivity index (χ1n) is 7.27. The van der Waals surface area contributed by atoms with Gasteiger partial charge in [0, 0.05) is 32.0 Å². The average molecular weight is 248 g/mol. The highest BCUT2D eigenvalue weighted by atomic mass is 15.2. The van der Waals surface area contributed by atoms with E-state index in [1.807, 2.05) is 6.20 Å². The molecule has 0 spiro atoms. The van der Waals surface area contributed by atoms with Crippen LogP contribution in [0.25, 0.3) is 0 Å². The summed E-state index contributed by atoms with van der Waals surface area (Å²) in [6.45, 7) is 5.45. The molecule has 0 saturated heterocycles. The van der Waals surface area contributed by atoms with Crippen LogP contribution in [0.5, 0.6) is 0 Å². The van der Waals surface area contributed by atoms with Crippen LogP contribution in [0.1, 0.15) is 31.5 Å². The van der Waals surface area contributed by atoms with Crippen LogP contribution < -0.4 is 5.73 Å². The second-order valence-electron chi connectivity index (χ2n) is 5.89. The topological polar surface area (TPSA) is 47.1 Å². The summed E-state index contributed by atoms with van der Waals surface area (Å²) in [4.78, 5) is 7.01. The number of hydrogen-bond acceptors (Lipinski definition) is 3. The van der Waals surface area contributed by atoms with Gasteiger partial charge in [0.2, 0.25) is 0 Å². The van der Waals surface area contributed by atoms with Gasteiger partial charge in [0.1, 0.15) is 5.82 Å². The molecule has 0 unspecified atom stereocenters. The number of fused-ring (bicyclic) bond motifs is 1. The highest BCUT2D eigenvalue weighted by molar-refractivity contribution is 4.95. The first-order valence-corrected chi connectivity index (χ1v) is 7.27. The van der Waals surface area contributed by atoms with Crippen molar-refractivity contribution in [3.05, 3.63) is 18.2 Å². The Hall–Kier alpha value is -0.870. The van der Waals surface area contributed by atoms with E-state index in [0.717, 1.165) is 31.5 Å². The second kappa shape index (κ2) is 5.41. The van der Waals surface area contributed by atoms with Crippen LogP contribution >= 0.6 is 0 Å². The Balaban J connectivity index is 1.50. The summed E-state index contributed by atoms with van der Waals surface area (Å²) in [6, 6.07) is 0. The minimum Gasteiger partial charge on any atom is -0.333 e. The monoisotopic (exact) mass is 248 g/mol. The Morgan fingerprint density at radius 2 is 1.94 bits per heavy atom. The van der Waals surface area contributed by atoms with Gasteiger partial charge < -0.3 is 10.3 Å². The lowest BCUT2D eigenvalue weighted by molar-refractivity contribution is 0.152. The summed E-state index contributed by atoms with van der Waals surface area (Å²) < 4.78 is 2.28. The van der Waals surface area contributed by atoms with E-state index in [2.05, 4.69) is 20.6 Å². The lowest BCUT2D eigenvalue weighted by atomic mass is 9.82. The molecule has 1 aromatic rings. The molecule has 0 atom stereocenters. The number of aromatic nitrogens is 2. The number of rotatable bonds is 3. The van der Waals surface area contributed by atoms with Crippen molar-refractivity contribution < 1.29 is 0 Å². The van der Waals surface area contributed by atoms with Crippen LogP contribution in [0.2, 0.25) is 0 Å². The van der Waals surface area contributed by atoms with Gasteiger partial charge in [0.05, 0.1) is 6.54 Å². The molecule has 2 N–H and O–H groups in total. The third kappa shape index (κ3) is 2.59. The molecule has 2 aliphatic rings. The van der Waals surface area contributed by atoms with Gasteiger partial charge in [-0.3, -0.25) is 4.90 Å². The van der Waals surface area contributed by atoms with E-state index in [0.29, 0.717) is 0 Å². The Morgan fingerprint density at radius 1 is 1.17 bits per heavy atom. The fraction of sp³-hybridized carbons (Fsp3) is 0.786. The van der Waals surface area contributed by atoms with E-state index < -0.39 is 0 Å². The fourth-order valence-electron chi connectivity index (χ4n) is 3.39. The van der Waals surface area contributed by atoms with Crippen LogP contribution in [-0.4, -0.2) is 34.1 Å². The van der Waals surface area contributed by atoms with Crippen LogP contribution in [-0.2, 0) is 13.1 Å². The van der Waals surface area contributed by atoms with Crippen molar-refractivity contribution in [2.45, 2.75) is 38.8 Å². The Morgan fingerprint density at radius 3 is 2.72 bits per heavy atom. The summed E-state index contributed by atoms with van der Waals surface area (Å²) in [6.07, 6.45) is 9.43. The van der Waals surface area contributed by atoms with E-state index >= 15 is 0 Å². The zero-order valence-corrected chi connectivity index (χ0v) is 11.1. The van der Waals surface area contributed by atoms with Crippen molar-refractivity contribution in [1.29, 1.82) is 0 Å². The standard InChI is InChI=1S/C14H24N4/c15-9-12-1-3-13(4-2-12)10-17-7-8-18-6-5-16-14(18)11-17/h5-6,12-13H,1-4,7-11,15H2. The van der Waals surface area contributed by atoms with Crippen LogP contribution in [0, 0.1) is 11.8 Å². The van der Waals surface area contributed by atoms with Gasteiger partial charge >= 0.3 is 0 Å². The molecular formula is C14H24N4. The minimum absolute atomic E-state index is 0.793. The third-order valence-corrected chi connectivity index (χ3v) is 4.64. The first-order chi connectivity index (χ1) is 8.85.